The van der Waals surface area contributed by atoms with Gasteiger partial charge in [-0.3, -0.25) is 19.6 Å². The van der Waals surface area contributed by atoms with Crippen LogP contribution in [0.15, 0.2) is 85.1 Å². The van der Waals surface area contributed by atoms with E-state index in [9.17, 15) is 4.79 Å². The third kappa shape index (κ3) is 6.09. The predicted octanol–water partition coefficient (Wildman–Crippen LogP) is 3.74. The summed E-state index contributed by atoms with van der Waals surface area (Å²) in [6.45, 7) is 4.07. The van der Waals surface area contributed by atoms with Crippen LogP contribution in [0.4, 0.5) is 0 Å². The predicted molar refractivity (Wildman–Crippen MR) is 166 cm³/mol. The average molecular weight is 595 g/mol. The number of fused-ring (bicyclic) bond motifs is 1. The van der Waals surface area contributed by atoms with Crippen molar-refractivity contribution >= 4 is 5.91 Å². The number of ether oxygens (including phenoxy) is 3. The molecule has 10 nitrogen and oxygen atoms in total. The maximum Gasteiger partial charge on any atom is 0.322 e. The zero-order valence-corrected chi connectivity index (χ0v) is 25.4. The molecule has 0 radical (unpaired) electrons. The molecule has 44 heavy (non-hydrogen) atoms. The summed E-state index contributed by atoms with van der Waals surface area (Å²) < 4.78 is 16.6. The van der Waals surface area contributed by atoms with Crippen molar-refractivity contribution in [2.24, 2.45) is 0 Å². The maximum atomic E-state index is 13.5. The van der Waals surface area contributed by atoms with Gasteiger partial charge in [0.05, 0.1) is 26.9 Å². The molecule has 2 aromatic carbocycles. The summed E-state index contributed by atoms with van der Waals surface area (Å²) in [7, 11) is 4.70. The molecular weight excluding hydrogens is 556 g/mol. The summed E-state index contributed by atoms with van der Waals surface area (Å²) in [6.07, 6.45) is 1.67. The van der Waals surface area contributed by atoms with Gasteiger partial charge in [0.2, 0.25) is 11.8 Å². The lowest BCUT2D eigenvalue weighted by Crippen LogP contribution is -2.67. The molecule has 4 aromatic rings. The van der Waals surface area contributed by atoms with Gasteiger partial charge >= 0.3 is 6.01 Å². The maximum absolute atomic E-state index is 13.5. The van der Waals surface area contributed by atoms with Gasteiger partial charge in [-0.25, -0.2) is 0 Å². The molecule has 228 valence electrons. The Morgan fingerprint density at radius 2 is 1.43 bits per heavy atom. The van der Waals surface area contributed by atoms with Gasteiger partial charge in [-0.05, 0) is 23.3 Å². The fourth-order valence-corrected chi connectivity index (χ4v) is 6.64. The van der Waals surface area contributed by atoms with Crippen LogP contribution < -0.4 is 14.2 Å². The Bertz CT molecular complexity index is 1480. The number of benzene rings is 2. The highest BCUT2D eigenvalue weighted by Gasteiger charge is 2.43. The van der Waals surface area contributed by atoms with E-state index in [1.165, 1.54) is 18.2 Å². The fourth-order valence-electron chi connectivity index (χ4n) is 6.64. The lowest BCUT2D eigenvalue weighted by molar-refractivity contribution is -0.0293. The van der Waals surface area contributed by atoms with Crippen LogP contribution in [0.5, 0.6) is 17.8 Å². The lowest BCUT2D eigenvalue weighted by atomic mass is 9.81. The molecule has 2 aliphatic rings. The van der Waals surface area contributed by atoms with Crippen molar-refractivity contribution < 1.29 is 19.0 Å². The highest BCUT2D eigenvalue weighted by molar-refractivity contribution is 5.92. The van der Waals surface area contributed by atoms with Gasteiger partial charge in [0.1, 0.15) is 5.69 Å². The van der Waals surface area contributed by atoms with Gasteiger partial charge in [-0.1, -0.05) is 66.7 Å². The molecule has 0 bridgehead atoms. The van der Waals surface area contributed by atoms with Crippen LogP contribution in [0, 0.1) is 0 Å². The number of pyridine rings is 1. The van der Waals surface area contributed by atoms with Gasteiger partial charge < -0.3 is 19.1 Å². The monoisotopic (exact) mass is 594 g/mol. The largest absolute Gasteiger partial charge is 0.481 e. The van der Waals surface area contributed by atoms with E-state index in [2.05, 4.69) is 85.4 Å². The molecular formula is C34H38N6O4. The Labute approximate surface area is 258 Å². The summed E-state index contributed by atoms with van der Waals surface area (Å²) in [6, 6.07) is 27.3. The third-order valence-corrected chi connectivity index (χ3v) is 8.60. The van der Waals surface area contributed by atoms with E-state index >= 15 is 0 Å². The van der Waals surface area contributed by atoms with Crippen LogP contribution in [-0.4, -0.2) is 102 Å². The molecule has 10 heteroatoms. The van der Waals surface area contributed by atoms with Crippen molar-refractivity contribution in [3.8, 4) is 17.8 Å². The molecule has 2 fully saturated rings. The fraction of sp³-hybridized carbons (Fsp3) is 0.353. The number of carbonyl (C=O) groups excluding carboxylic acids is 1. The number of methoxy groups -OCH3 is 3. The number of rotatable bonds is 9. The summed E-state index contributed by atoms with van der Waals surface area (Å²) in [4.78, 5) is 33.7. The highest BCUT2D eigenvalue weighted by Crippen LogP contribution is 2.37. The summed E-state index contributed by atoms with van der Waals surface area (Å²) >= 11 is 0. The Balaban J connectivity index is 1.37. The van der Waals surface area contributed by atoms with E-state index in [1.54, 1.807) is 26.5 Å². The standard InChI is InChI=1S/C34H38N6O4/c1-42-31-27(32(43-2)37-34(36-31)44-3)22-38-20-26-21-39(33(41)28-16-10-11-17-35-28)18-19-40(26)29(23-38)30(24-12-6-4-7-13-24)25-14-8-5-9-15-25/h4-17,26,29-30H,18-23H2,1-3H3/t26-,29?/m1/s1. The second kappa shape index (κ2) is 13.4. The molecule has 1 unspecified atom stereocenters. The smallest absolute Gasteiger partial charge is 0.322 e. The second-order valence-corrected chi connectivity index (χ2v) is 11.1. The third-order valence-electron chi connectivity index (χ3n) is 8.60. The minimum Gasteiger partial charge on any atom is -0.481 e. The van der Waals surface area contributed by atoms with E-state index in [4.69, 9.17) is 14.2 Å². The molecule has 6 rings (SSSR count). The van der Waals surface area contributed by atoms with E-state index in [0.717, 1.165) is 25.2 Å². The normalized spacial score (nSPS) is 19.0. The van der Waals surface area contributed by atoms with Gasteiger partial charge in [0.15, 0.2) is 0 Å². The molecule has 0 aliphatic carbocycles. The van der Waals surface area contributed by atoms with Crippen LogP contribution in [0.2, 0.25) is 0 Å². The minimum atomic E-state index is -0.0338. The first-order chi connectivity index (χ1) is 21.6. The minimum absolute atomic E-state index is 0.0338. The molecule has 2 aliphatic heterocycles. The first-order valence-corrected chi connectivity index (χ1v) is 14.9. The molecule has 0 spiro atoms. The van der Waals surface area contributed by atoms with E-state index in [-0.39, 0.29) is 29.9 Å². The molecule has 0 N–H and O–H groups in total. The van der Waals surface area contributed by atoms with Crippen molar-refractivity contribution in [2.75, 3.05) is 54.1 Å². The van der Waals surface area contributed by atoms with E-state index in [1.807, 2.05) is 17.0 Å². The molecule has 2 saturated heterocycles. The van der Waals surface area contributed by atoms with Crippen LogP contribution in [0.1, 0.15) is 33.1 Å². The summed E-state index contributed by atoms with van der Waals surface area (Å²) in [5.74, 6) is 0.932. The number of piperazine rings is 2. The number of carbonyl (C=O) groups is 1. The molecule has 0 saturated carbocycles. The number of nitrogens with zero attached hydrogens (tertiary/aromatic N) is 6. The van der Waals surface area contributed by atoms with Crippen LogP contribution in [-0.2, 0) is 6.54 Å². The van der Waals surface area contributed by atoms with E-state index < -0.39 is 0 Å². The van der Waals surface area contributed by atoms with Crippen LogP contribution in [0.3, 0.4) is 0 Å². The van der Waals surface area contributed by atoms with Gasteiger partial charge in [-0.15, -0.1) is 0 Å². The quantitative estimate of drug-likeness (QED) is 0.287. The Morgan fingerprint density at radius 3 is 2.00 bits per heavy atom. The SMILES string of the molecule is COc1nc(OC)c(CN2CC(C(c3ccccc3)c3ccccc3)N3CCN(C(=O)c4ccccn4)C[C@H]3C2)c(OC)n1. The molecule has 4 heterocycles. The number of amides is 1. The highest BCUT2D eigenvalue weighted by atomic mass is 16.5. The number of aromatic nitrogens is 3. The van der Waals surface area contributed by atoms with Gasteiger partial charge in [0, 0.05) is 63.5 Å². The van der Waals surface area contributed by atoms with Crippen LogP contribution in [0.25, 0.3) is 0 Å². The van der Waals surface area contributed by atoms with Crippen molar-refractivity contribution in [1.82, 2.24) is 29.7 Å². The van der Waals surface area contributed by atoms with Crippen molar-refractivity contribution in [3.63, 3.8) is 0 Å². The van der Waals surface area contributed by atoms with E-state index in [0.29, 0.717) is 37.1 Å². The summed E-state index contributed by atoms with van der Waals surface area (Å²) in [5.41, 5.74) is 3.76. The zero-order chi connectivity index (χ0) is 30.5. The summed E-state index contributed by atoms with van der Waals surface area (Å²) in [5, 5.41) is 0. The van der Waals surface area contributed by atoms with Crippen molar-refractivity contribution in [1.29, 1.82) is 0 Å². The first kappa shape index (κ1) is 29.5. The number of hydrogen-bond acceptors (Lipinski definition) is 9. The van der Waals surface area contributed by atoms with Gasteiger partial charge in [0.25, 0.3) is 5.91 Å². The Kier molecular flexibility index (Phi) is 8.99. The second-order valence-electron chi connectivity index (χ2n) is 11.1. The van der Waals surface area contributed by atoms with Gasteiger partial charge in [-0.2, -0.15) is 9.97 Å². The lowest BCUT2D eigenvalue weighted by Gasteiger charge is -2.53. The molecule has 2 aromatic heterocycles. The Hall–Kier alpha value is -4.54. The van der Waals surface area contributed by atoms with Crippen molar-refractivity contribution in [2.45, 2.75) is 24.5 Å². The van der Waals surface area contributed by atoms with Crippen LogP contribution >= 0.6 is 0 Å². The average Bonchev–Trinajstić information content (AvgIpc) is 3.09. The first-order valence-electron chi connectivity index (χ1n) is 14.9. The molecule has 2 atom stereocenters. The zero-order valence-electron chi connectivity index (χ0n) is 25.4. The number of hydrogen-bond donors (Lipinski definition) is 0. The van der Waals surface area contributed by atoms with Crippen molar-refractivity contribution in [3.05, 3.63) is 107 Å². The topological polar surface area (TPSA) is 93.2 Å². The molecule has 1 amide bonds. The Morgan fingerprint density at radius 1 is 0.795 bits per heavy atom.